The van der Waals surface area contributed by atoms with E-state index in [1.54, 1.807) is 60.7 Å². The van der Waals surface area contributed by atoms with Gasteiger partial charge >= 0.3 is 0 Å². The Balaban J connectivity index is 1.40. The monoisotopic (exact) mass is 530 g/mol. The second kappa shape index (κ2) is 13.7. The Bertz CT molecular complexity index is 1380. The third-order valence-electron chi connectivity index (χ3n) is 6.56. The van der Waals surface area contributed by atoms with Gasteiger partial charge in [-0.25, -0.2) is 13.2 Å². The SMILES string of the molecule is C=CCCOc1ccc(CCc2ccc(-c3ccc(-c4ccc(OCCCC)cc4)c(F)c3F)cc2)cc1F. The summed E-state index contributed by atoms with van der Waals surface area (Å²) in [7, 11) is 0. The molecular formula is C34H33F3O2. The minimum atomic E-state index is -0.880. The van der Waals surface area contributed by atoms with Gasteiger partial charge in [-0.15, -0.1) is 6.58 Å². The molecule has 0 saturated carbocycles. The molecule has 0 N–H and O–H groups in total. The van der Waals surface area contributed by atoms with Crippen molar-refractivity contribution in [1.82, 2.24) is 0 Å². The summed E-state index contributed by atoms with van der Waals surface area (Å²) in [5.41, 5.74) is 3.47. The molecule has 0 unspecified atom stereocenters. The first kappa shape index (κ1) is 28.0. The summed E-state index contributed by atoms with van der Waals surface area (Å²) in [4.78, 5) is 0. The molecule has 0 atom stereocenters. The zero-order valence-corrected chi connectivity index (χ0v) is 22.2. The van der Waals surface area contributed by atoms with Crippen LogP contribution in [0.5, 0.6) is 11.5 Å². The molecule has 0 heterocycles. The van der Waals surface area contributed by atoms with Crippen molar-refractivity contribution in [2.75, 3.05) is 13.2 Å². The molecule has 5 heteroatoms. The van der Waals surface area contributed by atoms with Crippen LogP contribution in [-0.4, -0.2) is 13.2 Å². The fourth-order valence-corrected chi connectivity index (χ4v) is 4.27. The Kier molecular flexibility index (Phi) is 9.85. The molecule has 202 valence electrons. The fourth-order valence-electron chi connectivity index (χ4n) is 4.27. The van der Waals surface area contributed by atoms with Gasteiger partial charge in [0, 0.05) is 11.1 Å². The van der Waals surface area contributed by atoms with E-state index in [0.717, 1.165) is 24.0 Å². The Labute approximate surface area is 228 Å². The molecule has 2 nitrogen and oxygen atoms in total. The smallest absolute Gasteiger partial charge is 0.167 e. The first-order chi connectivity index (χ1) is 19.0. The van der Waals surface area contributed by atoms with E-state index in [2.05, 4.69) is 13.5 Å². The molecule has 0 spiro atoms. The van der Waals surface area contributed by atoms with Crippen molar-refractivity contribution in [3.8, 4) is 33.8 Å². The second-order valence-electron chi connectivity index (χ2n) is 9.40. The van der Waals surface area contributed by atoms with Crippen LogP contribution in [0.25, 0.3) is 22.3 Å². The Morgan fingerprint density at radius 1 is 0.692 bits per heavy atom. The first-order valence-corrected chi connectivity index (χ1v) is 13.3. The van der Waals surface area contributed by atoms with Crippen LogP contribution in [-0.2, 0) is 12.8 Å². The van der Waals surface area contributed by atoms with Crippen LogP contribution < -0.4 is 9.47 Å². The van der Waals surface area contributed by atoms with E-state index in [-0.39, 0.29) is 22.7 Å². The number of unbranched alkanes of at least 4 members (excludes halogenated alkanes) is 1. The predicted octanol–water partition coefficient (Wildman–Crippen LogP) is 9.36. The van der Waals surface area contributed by atoms with Gasteiger partial charge in [-0.3, -0.25) is 0 Å². The van der Waals surface area contributed by atoms with E-state index in [9.17, 15) is 4.39 Å². The third kappa shape index (κ3) is 7.32. The number of halogens is 3. The van der Waals surface area contributed by atoms with Crippen LogP contribution >= 0.6 is 0 Å². The average Bonchev–Trinajstić information content (AvgIpc) is 2.95. The van der Waals surface area contributed by atoms with Crippen molar-refractivity contribution in [2.45, 2.75) is 39.0 Å². The van der Waals surface area contributed by atoms with Crippen molar-refractivity contribution in [2.24, 2.45) is 0 Å². The number of hydrogen-bond acceptors (Lipinski definition) is 2. The minimum absolute atomic E-state index is 0.205. The molecule has 0 aliphatic heterocycles. The molecule has 0 amide bonds. The van der Waals surface area contributed by atoms with Crippen molar-refractivity contribution in [3.63, 3.8) is 0 Å². The molecule has 4 aromatic rings. The van der Waals surface area contributed by atoms with Gasteiger partial charge in [0.15, 0.2) is 23.2 Å². The Morgan fingerprint density at radius 2 is 1.28 bits per heavy atom. The summed E-state index contributed by atoms with van der Waals surface area (Å²) in [6.45, 7) is 6.74. The topological polar surface area (TPSA) is 18.5 Å². The zero-order valence-electron chi connectivity index (χ0n) is 22.2. The summed E-state index contributed by atoms with van der Waals surface area (Å²) in [6.07, 6.45) is 5.71. The normalized spacial score (nSPS) is 10.9. The lowest BCUT2D eigenvalue weighted by Crippen LogP contribution is -1.99. The van der Waals surface area contributed by atoms with Crippen LogP contribution in [0.1, 0.15) is 37.3 Å². The van der Waals surface area contributed by atoms with Gasteiger partial charge in [0.1, 0.15) is 5.75 Å². The Hall–Kier alpha value is -3.99. The molecule has 0 fully saturated rings. The van der Waals surface area contributed by atoms with Crippen LogP contribution in [0, 0.1) is 17.5 Å². The fraction of sp³-hybridized carbons (Fsp3) is 0.235. The highest BCUT2D eigenvalue weighted by Gasteiger charge is 2.16. The van der Waals surface area contributed by atoms with Gasteiger partial charge in [0.05, 0.1) is 13.2 Å². The van der Waals surface area contributed by atoms with Crippen molar-refractivity contribution in [3.05, 3.63) is 120 Å². The van der Waals surface area contributed by atoms with E-state index in [4.69, 9.17) is 9.47 Å². The van der Waals surface area contributed by atoms with E-state index < -0.39 is 11.6 Å². The lowest BCUT2D eigenvalue weighted by molar-refractivity contribution is 0.308. The van der Waals surface area contributed by atoms with E-state index in [1.807, 2.05) is 18.2 Å². The highest BCUT2D eigenvalue weighted by atomic mass is 19.2. The van der Waals surface area contributed by atoms with E-state index >= 15 is 8.78 Å². The van der Waals surface area contributed by atoms with Crippen molar-refractivity contribution >= 4 is 0 Å². The first-order valence-electron chi connectivity index (χ1n) is 13.3. The van der Waals surface area contributed by atoms with Crippen molar-refractivity contribution in [1.29, 1.82) is 0 Å². The Morgan fingerprint density at radius 3 is 1.87 bits per heavy atom. The lowest BCUT2D eigenvalue weighted by Gasteiger charge is -2.11. The largest absolute Gasteiger partial charge is 0.494 e. The molecule has 4 aromatic carbocycles. The van der Waals surface area contributed by atoms with Crippen molar-refractivity contribution < 1.29 is 22.6 Å². The molecule has 0 radical (unpaired) electrons. The van der Waals surface area contributed by atoms with Gasteiger partial charge in [-0.2, -0.15) is 0 Å². The highest BCUT2D eigenvalue weighted by molar-refractivity contribution is 5.72. The van der Waals surface area contributed by atoms with Gasteiger partial charge < -0.3 is 9.47 Å². The number of rotatable bonds is 13. The second-order valence-corrected chi connectivity index (χ2v) is 9.40. The van der Waals surface area contributed by atoms with Gasteiger partial charge in [0.2, 0.25) is 0 Å². The molecular weight excluding hydrogens is 497 g/mol. The lowest BCUT2D eigenvalue weighted by atomic mass is 9.97. The molecule has 0 aliphatic rings. The minimum Gasteiger partial charge on any atom is -0.494 e. The zero-order chi connectivity index (χ0) is 27.6. The molecule has 4 rings (SSSR count). The quantitative estimate of drug-likeness (QED) is 0.127. The van der Waals surface area contributed by atoms with E-state index in [1.165, 1.54) is 6.07 Å². The number of ether oxygens (including phenoxy) is 2. The summed E-state index contributed by atoms with van der Waals surface area (Å²) >= 11 is 0. The number of benzene rings is 4. The maximum atomic E-state index is 15.1. The summed E-state index contributed by atoms with van der Waals surface area (Å²) in [5.74, 6) is -1.20. The summed E-state index contributed by atoms with van der Waals surface area (Å²) < 4.78 is 55.5. The van der Waals surface area contributed by atoms with E-state index in [0.29, 0.717) is 49.4 Å². The van der Waals surface area contributed by atoms with Gasteiger partial charge in [-0.1, -0.05) is 74.0 Å². The molecule has 0 bridgehead atoms. The maximum Gasteiger partial charge on any atom is 0.167 e. The molecule has 0 saturated heterocycles. The molecule has 0 aromatic heterocycles. The average molecular weight is 531 g/mol. The van der Waals surface area contributed by atoms with Crippen LogP contribution in [0.15, 0.2) is 91.5 Å². The van der Waals surface area contributed by atoms with Gasteiger partial charge in [-0.05, 0) is 72.2 Å². The highest BCUT2D eigenvalue weighted by Crippen LogP contribution is 2.32. The number of aryl methyl sites for hydroxylation is 2. The summed E-state index contributed by atoms with van der Waals surface area (Å²) in [5, 5.41) is 0. The van der Waals surface area contributed by atoms with Crippen LogP contribution in [0.3, 0.4) is 0 Å². The molecule has 0 aliphatic carbocycles. The maximum absolute atomic E-state index is 15.1. The standard InChI is InChI=1S/C34H33F3O2/c1-3-5-21-38-28-16-14-27(15-17-28)30-19-18-29(33(36)34(30)37)26-12-9-24(10-13-26)7-8-25-11-20-32(31(35)23-25)39-22-6-4-2/h4,9-20,23H,2-3,5-8,21-22H2,1H3. The van der Waals surface area contributed by atoms with Crippen LogP contribution in [0.2, 0.25) is 0 Å². The van der Waals surface area contributed by atoms with Gasteiger partial charge in [0.25, 0.3) is 0 Å². The third-order valence-corrected chi connectivity index (χ3v) is 6.56. The predicted molar refractivity (Wildman–Crippen MR) is 152 cm³/mol. The van der Waals surface area contributed by atoms with Crippen LogP contribution in [0.4, 0.5) is 13.2 Å². The molecule has 39 heavy (non-hydrogen) atoms. The summed E-state index contributed by atoms with van der Waals surface area (Å²) in [6, 6.07) is 22.6. The number of hydrogen-bond donors (Lipinski definition) is 0.